The summed E-state index contributed by atoms with van der Waals surface area (Å²) in [6, 6.07) is 4.02. The minimum absolute atomic E-state index is 0.164. The van der Waals surface area contributed by atoms with Crippen LogP contribution < -0.4 is 0 Å². The van der Waals surface area contributed by atoms with Crippen LogP contribution in [0, 0.1) is 11.3 Å². The maximum atomic E-state index is 14.0. The molecule has 2 aliphatic carbocycles. The Kier molecular flexibility index (Phi) is 5.66. The Morgan fingerprint density at radius 2 is 1.94 bits per heavy atom. The second kappa shape index (κ2) is 8.61. The highest BCUT2D eigenvalue weighted by atomic mass is 19.4. The lowest BCUT2D eigenvalue weighted by atomic mass is 9.78. The van der Waals surface area contributed by atoms with Crippen LogP contribution in [-0.2, 0) is 23.9 Å². The molecule has 4 aliphatic rings. The molecule has 4 heterocycles. The Balaban J connectivity index is 1.15. The van der Waals surface area contributed by atoms with Crippen LogP contribution >= 0.6 is 0 Å². The zero-order valence-electron chi connectivity index (χ0n) is 19.9. The summed E-state index contributed by atoms with van der Waals surface area (Å²) in [5.41, 5.74) is 0.144. The molecule has 3 atom stereocenters. The fourth-order valence-corrected chi connectivity index (χ4v) is 7.32. The van der Waals surface area contributed by atoms with E-state index in [-0.39, 0.29) is 17.9 Å². The lowest BCUT2D eigenvalue weighted by molar-refractivity contribution is -0.144. The predicted octanol–water partition coefficient (Wildman–Crippen LogP) is 4.47. The summed E-state index contributed by atoms with van der Waals surface area (Å²) >= 11 is 0. The van der Waals surface area contributed by atoms with Gasteiger partial charge in [-0.15, -0.1) is 0 Å². The number of fused-ring (bicyclic) bond motifs is 2. The minimum Gasteiger partial charge on any atom is -0.337 e. The monoisotopic (exact) mass is 487 g/mol. The van der Waals surface area contributed by atoms with Gasteiger partial charge in [-0.05, 0) is 62.1 Å². The Labute approximate surface area is 203 Å². The molecule has 0 aromatic carbocycles. The van der Waals surface area contributed by atoms with Crippen molar-refractivity contribution in [1.29, 1.82) is 0 Å². The number of likely N-dealkylation sites (tertiary alicyclic amines) is 1. The normalized spacial score (nSPS) is 29.9. The maximum absolute atomic E-state index is 14.0. The van der Waals surface area contributed by atoms with Gasteiger partial charge in [-0.25, -0.2) is 0 Å². The van der Waals surface area contributed by atoms with E-state index >= 15 is 0 Å². The zero-order valence-corrected chi connectivity index (χ0v) is 19.9. The molecular weight excluding hydrogens is 455 g/mol. The van der Waals surface area contributed by atoms with Gasteiger partial charge in [0.25, 0.3) is 0 Å². The molecule has 0 spiro atoms. The van der Waals surface area contributed by atoms with Gasteiger partial charge in [-0.2, -0.15) is 18.3 Å². The van der Waals surface area contributed by atoms with Crippen molar-refractivity contribution in [3.05, 3.63) is 47.5 Å². The van der Waals surface area contributed by atoms with Crippen molar-refractivity contribution in [2.45, 2.75) is 76.2 Å². The first-order valence-corrected chi connectivity index (χ1v) is 12.9. The van der Waals surface area contributed by atoms with Gasteiger partial charge >= 0.3 is 6.18 Å². The van der Waals surface area contributed by atoms with Crippen LogP contribution in [0.1, 0.15) is 67.8 Å². The van der Waals surface area contributed by atoms with Gasteiger partial charge in [0.05, 0.1) is 17.0 Å². The highest BCUT2D eigenvalue weighted by Gasteiger charge is 2.57. The highest BCUT2D eigenvalue weighted by molar-refractivity contribution is 5.84. The summed E-state index contributed by atoms with van der Waals surface area (Å²) in [4.78, 5) is 22.5. The first-order valence-electron chi connectivity index (χ1n) is 12.9. The molecule has 3 fully saturated rings. The predicted molar refractivity (Wildman–Crippen MR) is 123 cm³/mol. The van der Waals surface area contributed by atoms with Gasteiger partial charge in [-0.3, -0.25) is 14.5 Å². The summed E-state index contributed by atoms with van der Waals surface area (Å²) in [7, 11) is 0. The number of carbonyl (C=O) groups is 1. The van der Waals surface area contributed by atoms with Crippen molar-refractivity contribution in [2.75, 3.05) is 19.6 Å². The molecule has 0 radical (unpaired) electrons. The van der Waals surface area contributed by atoms with E-state index in [0.29, 0.717) is 42.2 Å². The third-order valence-corrected chi connectivity index (χ3v) is 9.11. The van der Waals surface area contributed by atoms with Crippen LogP contribution in [-0.4, -0.2) is 56.1 Å². The number of piperidine rings is 1. The van der Waals surface area contributed by atoms with E-state index in [1.54, 1.807) is 0 Å². The molecule has 188 valence electrons. The summed E-state index contributed by atoms with van der Waals surface area (Å²) in [5.74, 6) is 0.543. The molecule has 0 N–H and O–H groups in total. The SMILES string of the molecule is O=C(N1CCc2ncc(C(F)(F)F)cc2C1)[C@@]12CCC[C@@H]1C[C@@H](N1CCC(n3cccn3)CC1)C2. The van der Waals surface area contributed by atoms with E-state index in [2.05, 4.69) is 19.7 Å². The van der Waals surface area contributed by atoms with Crippen LogP contribution in [0.4, 0.5) is 13.2 Å². The Bertz CT molecular complexity index is 1080. The number of aromatic nitrogens is 3. The number of hydrogen-bond acceptors (Lipinski definition) is 4. The summed E-state index contributed by atoms with van der Waals surface area (Å²) < 4.78 is 41.8. The molecule has 2 aromatic rings. The van der Waals surface area contributed by atoms with Crippen molar-refractivity contribution in [1.82, 2.24) is 24.6 Å². The van der Waals surface area contributed by atoms with E-state index < -0.39 is 11.7 Å². The highest BCUT2D eigenvalue weighted by Crippen LogP contribution is 2.56. The Hall–Kier alpha value is -2.42. The standard InChI is InChI=1S/C26H32F3N5O/c27-26(28,29)20-13-18-17-33(12-6-23(18)30-16-20)24(35)25-7-1-3-19(25)14-22(15-25)32-10-4-21(5-11-32)34-9-2-8-31-34/h2,8-9,13,16,19,21-22H,1,3-7,10-12,14-15,17H2/t19-,22-,25-/m1/s1. The van der Waals surface area contributed by atoms with Gasteiger partial charge in [0, 0.05) is 62.9 Å². The molecule has 2 saturated carbocycles. The topological polar surface area (TPSA) is 54.3 Å². The Morgan fingerprint density at radius 3 is 2.69 bits per heavy atom. The molecule has 1 saturated heterocycles. The molecule has 9 heteroatoms. The van der Waals surface area contributed by atoms with Gasteiger partial charge < -0.3 is 9.80 Å². The molecular formula is C26H32F3N5O. The number of rotatable bonds is 3. The van der Waals surface area contributed by atoms with Gasteiger partial charge in [0.15, 0.2) is 0 Å². The summed E-state index contributed by atoms with van der Waals surface area (Å²) in [6.45, 7) is 2.82. The van der Waals surface area contributed by atoms with Crippen molar-refractivity contribution in [3.63, 3.8) is 0 Å². The summed E-state index contributed by atoms with van der Waals surface area (Å²) in [6.07, 6.45) is 8.01. The Morgan fingerprint density at radius 1 is 1.11 bits per heavy atom. The van der Waals surface area contributed by atoms with Crippen LogP contribution in [0.15, 0.2) is 30.7 Å². The van der Waals surface area contributed by atoms with E-state index in [0.717, 1.165) is 64.2 Å². The molecule has 0 unspecified atom stereocenters. The molecule has 2 aliphatic heterocycles. The van der Waals surface area contributed by atoms with E-state index in [1.807, 2.05) is 23.4 Å². The van der Waals surface area contributed by atoms with Gasteiger partial charge in [0.1, 0.15) is 0 Å². The number of hydrogen-bond donors (Lipinski definition) is 0. The van der Waals surface area contributed by atoms with Crippen LogP contribution in [0.2, 0.25) is 0 Å². The fraction of sp³-hybridized carbons (Fsp3) is 0.654. The van der Waals surface area contributed by atoms with E-state index in [4.69, 9.17) is 0 Å². The second-order valence-electron chi connectivity index (χ2n) is 10.9. The number of pyridine rings is 1. The first-order chi connectivity index (χ1) is 16.8. The number of nitrogens with zero attached hydrogens (tertiary/aromatic N) is 5. The van der Waals surface area contributed by atoms with Crippen LogP contribution in [0.5, 0.6) is 0 Å². The van der Waals surface area contributed by atoms with Crippen molar-refractivity contribution < 1.29 is 18.0 Å². The van der Waals surface area contributed by atoms with Crippen molar-refractivity contribution >= 4 is 5.91 Å². The third-order valence-electron chi connectivity index (χ3n) is 9.11. The van der Waals surface area contributed by atoms with Crippen molar-refractivity contribution in [3.8, 4) is 0 Å². The number of halogens is 3. The van der Waals surface area contributed by atoms with Crippen LogP contribution in [0.3, 0.4) is 0 Å². The smallest absolute Gasteiger partial charge is 0.337 e. The van der Waals surface area contributed by atoms with E-state index in [9.17, 15) is 18.0 Å². The number of carbonyl (C=O) groups excluding carboxylic acids is 1. The lowest BCUT2D eigenvalue weighted by Gasteiger charge is -2.39. The molecule has 35 heavy (non-hydrogen) atoms. The number of amides is 1. The van der Waals surface area contributed by atoms with Gasteiger partial charge in [-0.1, -0.05) is 6.42 Å². The van der Waals surface area contributed by atoms with E-state index in [1.165, 1.54) is 6.07 Å². The minimum atomic E-state index is -4.42. The molecule has 1 amide bonds. The molecule has 6 nitrogen and oxygen atoms in total. The van der Waals surface area contributed by atoms with Crippen molar-refractivity contribution in [2.24, 2.45) is 11.3 Å². The fourth-order valence-electron chi connectivity index (χ4n) is 7.32. The largest absolute Gasteiger partial charge is 0.417 e. The first kappa shape index (κ1) is 23.0. The maximum Gasteiger partial charge on any atom is 0.417 e. The molecule has 2 aromatic heterocycles. The quantitative estimate of drug-likeness (QED) is 0.641. The molecule has 6 rings (SSSR count). The summed E-state index contributed by atoms with van der Waals surface area (Å²) in [5, 5.41) is 4.41. The average molecular weight is 488 g/mol. The third kappa shape index (κ3) is 4.05. The van der Waals surface area contributed by atoms with Gasteiger partial charge in [0.2, 0.25) is 5.91 Å². The molecule has 0 bridgehead atoms. The lowest BCUT2D eigenvalue weighted by Crippen LogP contribution is -2.47. The average Bonchev–Trinajstić information content (AvgIpc) is 3.59. The number of alkyl halides is 3. The van der Waals surface area contributed by atoms with Crippen LogP contribution in [0.25, 0.3) is 0 Å². The zero-order chi connectivity index (χ0) is 24.2. The second-order valence-corrected chi connectivity index (χ2v) is 10.9.